The Balaban J connectivity index is 0.00000147. The van der Waals surface area contributed by atoms with Crippen LogP contribution in [0, 0.1) is 0 Å². The summed E-state index contributed by atoms with van der Waals surface area (Å²) in [6.07, 6.45) is 7.45. The SMILES string of the molecule is C=CCN1CC=C(c2c[nH]c3ccc(Cl)cc23)CC1.Cl. The van der Waals surface area contributed by atoms with Gasteiger partial charge in [0, 0.05) is 47.3 Å². The van der Waals surface area contributed by atoms with Crippen molar-refractivity contribution in [3.8, 4) is 0 Å². The first-order valence-electron chi connectivity index (χ1n) is 6.57. The molecule has 2 heterocycles. The molecule has 0 unspecified atom stereocenters. The summed E-state index contributed by atoms with van der Waals surface area (Å²) in [6, 6.07) is 6.00. The number of halogens is 2. The standard InChI is InChI=1S/C16H17ClN2.ClH/c1-2-7-19-8-5-12(6-9-19)15-11-18-16-4-3-13(17)10-14(15)16;/h2-5,10-11,18H,1,6-9H2;1H. The van der Waals surface area contributed by atoms with Gasteiger partial charge in [-0.1, -0.05) is 23.8 Å². The molecule has 0 radical (unpaired) electrons. The first-order chi connectivity index (χ1) is 9.28. The number of nitrogens with one attached hydrogen (secondary N) is 1. The van der Waals surface area contributed by atoms with E-state index in [1.54, 1.807) is 0 Å². The Kier molecular flexibility index (Phi) is 4.92. The molecule has 2 nitrogen and oxygen atoms in total. The van der Waals surface area contributed by atoms with E-state index in [2.05, 4.69) is 28.7 Å². The van der Waals surface area contributed by atoms with Crippen molar-refractivity contribution in [2.24, 2.45) is 0 Å². The van der Waals surface area contributed by atoms with E-state index in [0.29, 0.717) is 0 Å². The highest BCUT2D eigenvalue weighted by Crippen LogP contribution is 2.30. The van der Waals surface area contributed by atoms with Crippen LogP contribution in [0.3, 0.4) is 0 Å². The van der Waals surface area contributed by atoms with Gasteiger partial charge in [0.2, 0.25) is 0 Å². The van der Waals surface area contributed by atoms with Crippen LogP contribution in [0.15, 0.2) is 43.1 Å². The fraction of sp³-hybridized carbons (Fsp3) is 0.250. The molecule has 0 amide bonds. The number of hydrogen-bond donors (Lipinski definition) is 1. The highest BCUT2D eigenvalue weighted by atomic mass is 35.5. The average Bonchev–Trinajstić information content (AvgIpc) is 2.83. The molecule has 0 saturated carbocycles. The Morgan fingerprint density at radius 3 is 2.95 bits per heavy atom. The third-order valence-corrected chi connectivity index (χ3v) is 3.91. The Morgan fingerprint density at radius 2 is 2.25 bits per heavy atom. The molecule has 106 valence electrons. The van der Waals surface area contributed by atoms with Crippen molar-refractivity contribution in [1.82, 2.24) is 9.88 Å². The van der Waals surface area contributed by atoms with Crippen molar-refractivity contribution in [3.63, 3.8) is 0 Å². The van der Waals surface area contributed by atoms with Crippen molar-refractivity contribution < 1.29 is 0 Å². The monoisotopic (exact) mass is 308 g/mol. The van der Waals surface area contributed by atoms with Crippen molar-refractivity contribution in [3.05, 3.63) is 53.7 Å². The highest BCUT2D eigenvalue weighted by Gasteiger charge is 2.14. The number of fused-ring (bicyclic) bond motifs is 1. The Hall–Kier alpha value is -1.22. The van der Waals surface area contributed by atoms with Gasteiger partial charge in [-0.15, -0.1) is 19.0 Å². The zero-order valence-corrected chi connectivity index (χ0v) is 12.8. The van der Waals surface area contributed by atoms with Crippen LogP contribution in [0.4, 0.5) is 0 Å². The molecule has 20 heavy (non-hydrogen) atoms. The van der Waals surface area contributed by atoms with E-state index >= 15 is 0 Å². The molecule has 0 spiro atoms. The van der Waals surface area contributed by atoms with E-state index in [1.807, 2.05) is 24.3 Å². The summed E-state index contributed by atoms with van der Waals surface area (Å²) in [5.41, 5.74) is 3.85. The molecule has 1 aromatic heterocycles. The maximum Gasteiger partial charge on any atom is 0.0461 e. The topological polar surface area (TPSA) is 19.0 Å². The minimum atomic E-state index is 0. The molecule has 1 aliphatic heterocycles. The molecule has 4 heteroatoms. The minimum Gasteiger partial charge on any atom is -0.361 e. The van der Waals surface area contributed by atoms with Crippen LogP contribution in [0.25, 0.3) is 16.5 Å². The van der Waals surface area contributed by atoms with Gasteiger partial charge >= 0.3 is 0 Å². The predicted molar refractivity (Wildman–Crippen MR) is 89.8 cm³/mol. The van der Waals surface area contributed by atoms with Crippen LogP contribution < -0.4 is 0 Å². The zero-order chi connectivity index (χ0) is 13.2. The number of aromatic nitrogens is 1. The summed E-state index contributed by atoms with van der Waals surface area (Å²) in [7, 11) is 0. The number of nitrogens with zero attached hydrogens (tertiary/aromatic N) is 1. The molecule has 0 fully saturated rings. The fourth-order valence-electron chi connectivity index (χ4n) is 2.66. The van der Waals surface area contributed by atoms with Crippen LogP contribution in [0.1, 0.15) is 12.0 Å². The van der Waals surface area contributed by atoms with Crippen molar-refractivity contribution >= 4 is 40.5 Å². The van der Waals surface area contributed by atoms with Crippen molar-refractivity contribution in [2.75, 3.05) is 19.6 Å². The third-order valence-electron chi connectivity index (χ3n) is 3.67. The van der Waals surface area contributed by atoms with Gasteiger partial charge in [0.25, 0.3) is 0 Å². The zero-order valence-electron chi connectivity index (χ0n) is 11.2. The van der Waals surface area contributed by atoms with Gasteiger partial charge in [-0.2, -0.15) is 0 Å². The highest BCUT2D eigenvalue weighted by molar-refractivity contribution is 6.31. The largest absolute Gasteiger partial charge is 0.361 e. The van der Waals surface area contributed by atoms with E-state index < -0.39 is 0 Å². The summed E-state index contributed by atoms with van der Waals surface area (Å²) >= 11 is 6.10. The number of hydrogen-bond acceptors (Lipinski definition) is 1. The molecule has 0 aliphatic carbocycles. The van der Waals surface area contributed by atoms with Crippen LogP contribution in [0.5, 0.6) is 0 Å². The lowest BCUT2D eigenvalue weighted by Crippen LogP contribution is -2.28. The second-order valence-electron chi connectivity index (χ2n) is 4.92. The summed E-state index contributed by atoms with van der Waals surface area (Å²) in [5, 5.41) is 2.01. The van der Waals surface area contributed by atoms with Gasteiger partial charge in [-0.25, -0.2) is 0 Å². The summed E-state index contributed by atoms with van der Waals surface area (Å²) in [6.45, 7) is 6.84. The molecule has 1 aromatic carbocycles. The van der Waals surface area contributed by atoms with Crippen LogP contribution in [-0.4, -0.2) is 29.5 Å². The normalized spacial score (nSPS) is 15.8. The second-order valence-corrected chi connectivity index (χ2v) is 5.36. The molecular weight excluding hydrogens is 291 g/mol. The van der Waals surface area contributed by atoms with E-state index in [1.165, 1.54) is 16.5 Å². The molecule has 1 aliphatic rings. The summed E-state index contributed by atoms with van der Waals surface area (Å²) in [4.78, 5) is 5.71. The summed E-state index contributed by atoms with van der Waals surface area (Å²) in [5.74, 6) is 0. The Labute approximate surface area is 130 Å². The van der Waals surface area contributed by atoms with Gasteiger partial charge in [0.15, 0.2) is 0 Å². The van der Waals surface area contributed by atoms with Crippen LogP contribution in [-0.2, 0) is 0 Å². The molecule has 0 bridgehead atoms. The van der Waals surface area contributed by atoms with Crippen molar-refractivity contribution in [1.29, 1.82) is 0 Å². The molecule has 3 rings (SSSR count). The number of H-pyrrole nitrogens is 1. The molecular formula is C16H18Cl2N2. The molecule has 2 aromatic rings. The lowest BCUT2D eigenvalue weighted by Gasteiger charge is -2.24. The van der Waals surface area contributed by atoms with Crippen molar-refractivity contribution in [2.45, 2.75) is 6.42 Å². The third kappa shape index (κ3) is 2.93. The molecule has 0 atom stereocenters. The number of rotatable bonds is 3. The molecule has 1 N–H and O–H groups in total. The Bertz CT molecular complexity index is 643. The Morgan fingerprint density at radius 1 is 1.40 bits per heavy atom. The number of aromatic amines is 1. The molecule has 0 saturated heterocycles. The predicted octanol–water partition coefficient (Wildman–Crippen LogP) is 4.52. The smallest absolute Gasteiger partial charge is 0.0461 e. The van der Waals surface area contributed by atoms with E-state index in [9.17, 15) is 0 Å². The fourth-order valence-corrected chi connectivity index (χ4v) is 2.83. The quantitative estimate of drug-likeness (QED) is 0.826. The average molecular weight is 309 g/mol. The van der Waals surface area contributed by atoms with Gasteiger partial charge < -0.3 is 4.98 Å². The van der Waals surface area contributed by atoms with E-state index in [0.717, 1.165) is 36.6 Å². The number of benzene rings is 1. The minimum absolute atomic E-state index is 0. The second kappa shape index (κ2) is 6.49. The first-order valence-corrected chi connectivity index (χ1v) is 6.95. The maximum atomic E-state index is 6.10. The first kappa shape index (κ1) is 15.2. The van der Waals surface area contributed by atoms with Gasteiger partial charge in [-0.3, -0.25) is 4.90 Å². The van der Waals surface area contributed by atoms with Crippen LogP contribution in [0.2, 0.25) is 5.02 Å². The van der Waals surface area contributed by atoms with Crippen LogP contribution >= 0.6 is 24.0 Å². The lowest BCUT2D eigenvalue weighted by atomic mass is 9.99. The van der Waals surface area contributed by atoms with Gasteiger partial charge in [0.05, 0.1) is 0 Å². The van der Waals surface area contributed by atoms with Gasteiger partial charge in [0.1, 0.15) is 0 Å². The van der Waals surface area contributed by atoms with E-state index in [4.69, 9.17) is 11.6 Å². The maximum absolute atomic E-state index is 6.10. The van der Waals surface area contributed by atoms with E-state index in [-0.39, 0.29) is 12.4 Å². The summed E-state index contributed by atoms with van der Waals surface area (Å²) < 4.78 is 0. The van der Waals surface area contributed by atoms with Gasteiger partial charge in [-0.05, 0) is 30.2 Å². The lowest BCUT2D eigenvalue weighted by molar-refractivity contribution is 0.335.